The molecule has 24 heavy (non-hydrogen) atoms. The predicted molar refractivity (Wildman–Crippen MR) is 85.8 cm³/mol. The topological polar surface area (TPSA) is 109 Å². The summed E-state index contributed by atoms with van der Waals surface area (Å²) < 4.78 is 15.2. The van der Waals surface area contributed by atoms with E-state index in [9.17, 15) is 15.0 Å². The number of ether oxygens (including phenoxy) is 3. The van der Waals surface area contributed by atoms with E-state index in [0.717, 1.165) is 0 Å². The van der Waals surface area contributed by atoms with Crippen molar-refractivity contribution in [1.82, 2.24) is 10.9 Å². The van der Waals surface area contributed by atoms with Gasteiger partial charge in [0.25, 0.3) is 0 Å². The van der Waals surface area contributed by atoms with Gasteiger partial charge in [0.05, 0.1) is 27.8 Å². The second-order valence-electron chi connectivity index (χ2n) is 5.76. The van der Waals surface area contributed by atoms with Gasteiger partial charge in [-0.15, -0.1) is 0 Å². The average molecular weight is 340 g/mol. The standard InChI is InChI=1S/C16H24N2O6/c1-8-14(16(21)18-17-8)10(7-13(19)24-4)9-5-11(22-2)15(20)12(6-9)23-3/h5-6,8,10,14,16-18,20-21H,7H2,1-4H3. The third kappa shape index (κ3) is 3.55. The minimum absolute atomic E-state index is 0.0724. The van der Waals surface area contributed by atoms with Gasteiger partial charge in [0, 0.05) is 17.9 Å². The Bertz CT molecular complexity index is 559. The first-order valence-corrected chi connectivity index (χ1v) is 7.63. The molecule has 0 radical (unpaired) electrons. The number of carbonyl (C=O) groups excluding carboxylic acids is 1. The van der Waals surface area contributed by atoms with Gasteiger partial charge < -0.3 is 24.4 Å². The van der Waals surface area contributed by atoms with Crippen LogP contribution in [0.4, 0.5) is 0 Å². The summed E-state index contributed by atoms with van der Waals surface area (Å²) in [7, 11) is 4.19. The van der Waals surface area contributed by atoms with Crippen LogP contribution in [0.15, 0.2) is 12.1 Å². The normalized spacial score (nSPS) is 24.5. The summed E-state index contributed by atoms with van der Waals surface area (Å²) in [5.74, 6) is -0.689. The summed E-state index contributed by atoms with van der Waals surface area (Å²) >= 11 is 0. The summed E-state index contributed by atoms with van der Waals surface area (Å²) in [6.45, 7) is 1.91. The van der Waals surface area contributed by atoms with Crippen LogP contribution in [0, 0.1) is 5.92 Å². The number of phenols is 1. The first kappa shape index (κ1) is 18.3. The highest BCUT2D eigenvalue weighted by molar-refractivity contribution is 5.71. The van der Waals surface area contributed by atoms with Crippen LogP contribution in [0.3, 0.4) is 0 Å². The lowest BCUT2D eigenvalue weighted by Gasteiger charge is -2.28. The Hall–Kier alpha value is -2.03. The lowest BCUT2D eigenvalue weighted by molar-refractivity contribution is -0.141. The van der Waals surface area contributed by atoms with E-state index in [2.05, 4.69) is 10.9 Å². The first-order valence-electron chi connectivity index (χ1n) is 7.63. The van der Waals surface area contributed by atoms with Crippen molar-refractivity contribution in [3.05, 3.63) is 17.7 Å². The third-order valence-corrected chi connectivity index (χ3v) is 4.41. The number of rotatable bonds is 6. The van der Waals surface area contributed by atoms with Crippen LogP contribution < -0.4 is 20.3 Å². The number of methoxy groups -OCH3 is 3. The van der Waals surface area contributed by atoms with E-state index < -0.39 is 12.2 Å². The molecular formula is C16H24N2O6. The minimum atomic E-state index is -0.833. The molecule has 1 aliphatic rings. The van der Waals surface area contributed by atoms with Gasteiger partial charge in [-0.2, -0.15) is 0 Å². The zero-order valence-corrected chi connectivity index (χ0v) is 14.2. The lowest BCUT2D eigenvalue weighted by Crippen LogP contribution is -2.33. The second kappa shape index (κ2) is 7.69. The lowest BCUT2D eigenvalue weighted by atomic mass is 9.79. The summed E-state index contributed by atoms with van der Waals surface area (Å²) in [4.78, 5) is 11.9. The van der Waals surface area contributed by atoms with Gasteiger partial charge in [0.1, 0.15) is 6.23 Å². The maximum Gasteiger partial charge on any atom is 0.306 e. The number of aliphatic hydroxyl groups is 1. The van der Waals surface area contributed by atoms with E-state index in [1.165, 1.54) is 21.3 Å². The van der Waals surface area contributed by atoms with Gasteiger partial charge in [0.15, 0.2) is 11.5 Å². The van der Waals surface area contributed by atoms with E-state index >= 15 is 0 Å². The fourth-order valence-corrected chi connectivity index (χ4v) is 3.12. The van der Waals surface area contributed by atoms with Gasteiger partial charge in [0.2, 0.25) is 5.75 Å². The molecule has 1 fully saturated rings. The van der Waals surface area contributed by atoms with Gasteiger partial charge in [-0.1, -0.05) is 0 Å². The molecule has 0 amide bonds. The van der Waals surface area contributed by atoms with E-state index in [1.54, 1.807) is 12.1 Å². The quantitative estimate of drug-likeness (QED) is 0.554. The number of hydrazine groups is 1. The van der Waals surface area contributed by atoms with Crippen LogP contribution in [-0.2, 0) is 9.53 Å². The highest BCUT2D eigenvalue weighted by atomic mass is 16.5. The molecule has 0 spiro atoms. The van der Waals surface area contributed by atoms with Crippen molar-refractivity contribution in [3.8, 4) is 17.2 Å². The van der Waals surface area contributed by atoms with E-state index in [-0.39, 0.29) is 41.5 Å². The maximum absolute atomic E-state index is 11.9. The van der Waals surface area contributed by atoms with Crippen molar-refractivity contribution in [3.63, 3.8) is 0 Å². The molecule has 1 aromatic carbocycles. The molecule has 0 saturated carbocycles. The van der Waals surface area contributed by atoms with Crippen molar-refractivity contribution < 1.29 is 29.2 Å². The monoisotopic (exact) mass is 340 g/mol. The molecule has 2 rings (SSSR count). The number of carbonyl (C=O) groups is 1. The first-order chi connectivity index (χ1) is 11.4. The smallest absolute Gasteiger partial charge is 0.306 e. The molecular weight excluding hydrogens is 316 g/mol. The van der Waals surface area contributed by atoms with Crippen LogP contribution >= 0.6 is 0 Å². The Morgan fingerprint density at radius 1 is 1.21 bits per heavy atom. The van der Waals surface area contributed by atoms with E-state index in [4.69, 9.17) is 14.2 Å². The summed E-state index contributed by atoms with van der Waals surface area (Å²) in [6, 6.07) is 3.20. The number of hydrogen-bond acceptors (Lipinski definition) is 8. The number of esters is 1. The molecule has 0 aromatic heterocycles. The third-order valence-electron chi connectivity index (χ3n) is 4.41. The highest BCUT2D eigenvalue weighted by Crippen LogP contribution is 2.43. The molecule has 1 saturated heterocycles. The summed E-state index contributed by atoms with van der Waals surface area (Å²) in [5.41, 5.74) is 6.44. The van der Waals surface area contributed by atoms with Crippen molar-refractivity contribution in [1.29, 1.82) is 0 Å². The number of benzene rings is 1. The van der Waals surface area contributed by atoms with Crippen LogP contribution in [0.1, 0.15) is 24.8 Å². The number of aliphatic hydroxyl groups excluding tert-OH is 1. The van der Waals surface area contributed by atoms with Crippen molar-refractivity contribution in [2.24, 2.45) is 5.92 Å². The molecule has 8 nitrogen and oxygen atoms in total. The Labute approximate surface area is 140 Å². The zero-order valence-electron chi connectivity index (χ0n) is 14.2. The molecule has 1 aromatic rings. The Balaban J connectivity index is 2.48. The van der Waals surface area contributed by atoms with Gasteiger partial charge in [-0.3, -0.25) is 10.2 Å². The molecule has 8 heteroatoms. The molecule has 0 bridgehead atoms. The van der Waals surface area contributed by atoms with Gasteiger partial charge >= 0.3 is 5.97 Å². The van der Waals surface area contributed by atoms with Crippen molar-refractivity contribution >= 4 is 5.97 Å². The Morgan fingerprint density at radius 2 is 1.79 bits per heavy atom. The van der Waals surface area contributed by atoms with Gasteiger partial charge in [-0.25, -0.2) is 5.43 Å². The molecule has 1 heterocycles. The molecule has 4 N–H and O–H groups in total. The number of aromatic hydroxyl groups is 1. The molecule has 134 valence electrons. The largest absolute Gasteiger partial charge is 0.502 e. The van der Waals surface area contributed by atoms with E-state index in [1.807, 2.05) is 6.92 Å². The zero-order chi connectivity index (χ0) is 17.9. The van der Waals surface area contributed by atoms with Gasteiger partial charge in [-0.05, 0) is 24.6 Å². The fraction of sp³-hybridized carbons (Fsp3) is 0.562. The predicted octanol–water partition coefficient (Wildman–Crippen LogP) is 0.487. The summed E-state index contributed by atoms with van der Waals surface area (Å²) in [6.07, 6.45) is -0.760. The molecule has 1 aliphatic heterocycles. The number of nitrogens with one attached hydrogen (secondary N) is 2. The average Bonchev–Trinajstić information content (AvgIpc) is 2.91. The van der Waals surface area contributed by atoms with Crippen molar-refractivity contribution in [2.75, 3.05) is 21.3 Å². The minimum Gasteiger partial charge on any atom is -0.502 e. The number of phenolic OH excluding ortho intramolecular Hbond substituents is 1. The second-order valence-corrected chi connectivity index (χ2v) is 5.76. The van der Waals surface area contributed by atoms with Crippen LogP contribution in [0.25, 0.3) is 0 Å². The van der Waals surface area contributed by atoms with Crippen LogP contribution in [-0.4, -0.2) is 49.8 Å². The molecule has 4 atom stereocenters. The van der Waals surface area contributed by atoms with E-state index in [0.29, 0.717) is 5.56 Å². The van der Waals surface area contributed by atoms with Crippen LogP contribution in [0.2, 0.25) is 0 Å². The van der Waals surface area contributed by atoms with Crippen LogP contribution in [0.5, 0.6) is 17.2 Å². The SMILES string of the molecule is COC(=O)CC(c1cc(OC)c(O)c(OC)c1)C1C(C)NNC1O. The number of hydrogen-bond donors (Lipinski definition) is 4. The van der Waals surface area contributed by atoms with Crippen molar-refractivity contribution in [2.45, 2.75) is 31.5 Å². The summed E-state index contributed by atoms with van der Waals surface area (Å²) in [5, 5.41) is 20.3. The molecule has 4 unspecified atom stereocenters. The Kier molecular flexibility index (Phi) is 5.87. The Morgan fingerprint density at radius 3 is 2.21 bits per heavy atom. The molecule has 0 aliphatic carbocycles. The fourth-order valence-electron chi connectivity index (χ4n) is 3.12. The highest BCUT2D eigenvalue weighted by Gasteiger charge is 2.40. The maximum atomic E-state index is 11.9.